The molecule has 0 aliphatic carbocycles. The Kier molecular flexibility index (Phi) is 8.44. The van der Waals surface area contributed by atoms with Crippen LogP contribution in [-0.2, 0) is 11.2 Å². The molecule has 0 bridgehead atoms. The number of rotatable bonds is 10. The van der Waals surface area contributed by atoms with Gasteiger partial charge in [0.05, 0.1) is 0 Å². The van der Waals surface area contributed by atoms with Gasteiger partial charge in [0, 0.05) is 5.57 Å². The van der Waals surface area contributed by atoms with E-state index in [0.717, 1.165) is 50.5 Å². The van der Waals surface area contributed by atoms with Gasteiger partial charge in [-0.2, -0.15) is 0 Å². The molecule has 0 aromatic heterocycles. The van der Waals surface area contributed by atoms with Crippen molar-refractivity contribution in [1.29, 1.82) is 0 Å². The predicted octanol–water partition coefficient (Wildman–Crippen LogP) is 4.39. The number of hydrogen-bond donors (Lipinski definition) is 1. The quantitative estimate of drug-likeness (QED) is 0.498. The number of carbonyl (C=O) groups excluding carboxylic acids is 1. The van der Waals surface area contributed by atoms with E-state index in [1.54, 1.807) is 0 Å². The fourth-order valence-electron chi connectivity index (χ4n) is 2.27. The first-order valence-corrected chi connectivity index (χ1v) is 7.76. The predicted molar refractivity (Wildman–Crippen MR) is 85.4 cm³/mol. The number of benzene rings is 1. The Morgan fingerprint density at radius 2 is 1.85 bits per heavy atom. The number of hydrogen-bond acceptors (Lipinski definition) is 1. The van der Waals surface area contributed by atoms with Gasteiger partial charge in [0.1, 0.15) is 0 Å². The first-order chi connectivity index (χ1) is 9.74. The molecule has 1 rings (SSSR count). The smallest absolute Gasteiger partial charge is 0.244 e. The van der Waals surface area contributed by atoms with Crippen LogP contribution in [0.3, 0.4) is 0 Å². The molecule has 1 amide bonds. The Morgan fingerprint density at radius 1 is 1.10 bits per heavy atom. The summed E-state index contributed by atoms with van der Waals surface area (Å²) in [7, 11) is 0. The van der Waals surface area contributed by atoms with Gasteiger partial charge in [-0.1, -0.05) is 62.6 Å². The first-order valence-electron chi connectivity index (χ1n) is 7.76. The van der Waals surface area contributed by atoms with Gasteiger partial charge in [-0.3, -0.25) is 4.79 Å². The van der Waals surface area contributed by atoms with E-state index >= 15 is 0 Å². The molecular formula is C18H27NO. The van der Waals surface area contributed by atoms with Crippen molar-refractivity contribution in [3.63, 3.8) is 0 Å². The average Bonchev–Trinajstić information content (AvgIpc) is 2.46. The fourth-order valence-corrected chi connectivity index (χ4v) is 2.27. The Labute approximate surface area is 123 Å². The molecule has 0 saturated carbocycles. The topological polar surface area (TPSA) is 43.1 Å². The molecule has 0 atom stereocenters. The summed E-state index contributed by atoms with van der Waals surface area (Å²) in [5.74, 6) is -0.246. The molecule has 0 saturated heterocycles. The summed E-state index contributed by atoms with van der Waals surface area (Å²) >= 11 is 0. The number of aryl methyl sites for hydroxylation is 1. The van der Waals surface area contributed by atoms with Crippen LogP contribution in [0.4, 0.5) is 0 Å². The number of primary amides is 1. The molecule has 2 heteroatoms. The van der Waals surface area contributed by atoms with Crippen molar-refractivity contribution in [2.45, 2.75) is 58.3 Å². The summed E-state index contributed by atoms with van der Waals surface area (Å²) in [4.78, 5) is 11.3. The highest BCUT2D eigenvalue weighted by atomic mass is 16.1. The fraction of sp³-hybridized carbons (Fsp3) is 0.500. The van der Waals surface area contributed by atoms with Crippen LogP contribution in [0.25, 0.3) is 0 Å². The van der Waals surface area contributed by atoms with Crippen LogP contribution in [0.2, 0.25) is 0 Å². The molecule has 1 aromatic rings. The van der Waals surface area contributed by atoms with Gasteiger partial charge >= 0.3 is 0 Å². The minimum absolute atomic E-state index is 0.246. The first kappa shape index (κ1) is 16.5. The Bertz CT molecular complexity index is 409. The second kappa shape index (κ2) is 10.2. The lowest BCUT2D eigenvalue weighted by atomic mass is 10.0. The normalized spacial score (nSPS) is 11.6. The van der Waals surface area contributed by atoms with Crippen LogP contribution in [-0.4, -0.2) is 5.91 Å². The van der Waals surface area contributed by atoms with Crippen LogP contribution in [0.1, 0.15) is 57.4 Å². The molecule has 20 heavy (non-hydrogen) atoms. The third-order valence-electron chi connectivity index (χ3n) is 3.52. The Hall–Kier alpha value is -1.57. The third-order valence-corrected chi connectivity index (χ3v) is 3.52. The molecule has 0 aliphatic rings. The van der Waals surface area contributed by atoms with Crippen LogP contribution < -0.4 is 5.73 Å². The summed E-state index contributed by atoms with van der Waals surface area (Å²) in [6, 6.07) is 10.5. The lowest BCUT2D eigenvalue weighted by Gasteiger charge is -2.04. The molecule has 0 aliphatic heterocycles. The van der Waals surface area contributed by atoms with Crippen LogP contribution >= 0.6 is 0 Å². The molecule has 2 nitrogen and oxygen atoms in total. The molecule has 0 heterocycles. The molecule has 2 N–H and O–H groups in total. The molecular weight excluding hydrogens is 246 g/mol. The molecule has 0 unspecified atom stereocenters. The summed E-state index contributed by atoms with van der Waals surface area (Å²) in [5.41, 5.74) is 7.63. The van der Waals surface area contributed by atoms with Gasteiger partial charge in [0.15, 0.2) is 0 Å². The van der Waals surface area contributed by atoms with Gasteiger partial charge in [0.25, 0.3) is 0 Å². The van der Waals surface area contributed by atoms with Crippen molar-refractivity contribution in [2.24, 2.45) is 5.73 Å². The molecule has 0 spiro atoms. The second-order valence-electron chi connectivity index (χ2n) is 5.28. The minimum atomic E-state index is -0.246. The van der Waals surface area contributed by atoms with E-state index in [1.165, 1.54) is 12.0 Å². The van der Waals surface area contributed by atoms with Gasteiger partial charge in [-0.05, 0) is 37.7 Å². The van der Waals surface area contributed by atoms with E-state index < -0.39 is 0 Å². The molecule has 110 valence electrons. The number of allylic oxidation sites excluding steroid dienone is 1. The number of amides is 1. The summed E-state index contributed by atoms with van der Waals surface area (Å²) in [5, 5.41) is 0. The monoisotopic (exact) mass is 273 g/mol. The summed E-state index contributed by atoms with van der Waals surface area (Å²) in [6.07, 6.45) is 10.6. The zero-order valence-corrected chi connectivity index (χ0v) is 12.6. The highest BCUT2D eigenvalue weighted by Crippen LogP contribution is 2.13. The highest BCUT2D eigenvalue weighted by Gasteiger charge is 2.04. The van der Waals surface area contributed by atoms with Gasteiger partial charge < -0.3 is 5.73 Å². The van der Waals surface area contributed by atoms with Crippen molar-refractivity contribution >= 4 is 5.91 Å². The Morgan fingerprint density at radius 3 is 2.50 bits per heavy atom. The van der Waals surface area contributed by atoms with Gasteiger partial charge in [0.2, 0.25) is 5.91 Å². The number of nitrogens with two attached hydrogens (primary N) is 1. The van der Waals surface area contributed by atoms with E-state index in [2.05, 4.69) is 31.2 Å². The highest BCUT2D eigenvalue weighted by molar-refractivity contribution is 5.91. The molecule has 1 aromatic carbocycles. The largest absolute Gasteiger partial charge is 0.366 e. The summed E-state index contributed by atoms with van der Waals surface area (Å²) in [6.45, 7) is 2.15. The van der Waals surface area contributed by atoms with Gasteiger partial charge in [-0.15, -0.1) is 0 Å². The van der Waals surface area contributed by atoms with E-state index in [0.29, 0.717) is 0 Å². The number of unbranched alkanes of at least 4 members (excludes halogenated alkanes) is 4. The van der Waals surface area contributed by atoms with Gasteiger partial charge in [-0.25, -0.2) is 0 Å². The van der Waals surface area contributed by atoms with E-state index in [9.17, 15) is 4.79 Å². The van der Waals surface area contributed by atoms with E-state index in [4.69, 9.17) is 5.73 Å². The minimum Gasteiger partial charge on any atom is -0.366 e. The second-order valence-corrected chi connectivity index (χ2v) is 5.28. The summed E-state index contributed by atoms with van der Waals surface area (Å²) < 4.78 is 0. The maximum absolute atomic E-state index is 11.3. The van der Waals surface area contributed by atoms with Crippen molar-refractivity contribution in [3.8, 4) is 0 Å². The molecule has 0 fully saturated rings. The maximum Gasteiger partial charge on any atom is 0.244 e. The Balaban J connectivity index is 2.20. The number of carbonyl (C=O) groups is 1. The van der Waals surface area contributed by atoms with E-state index in [-0.39, 0.29) is 5.91 Å². The van der Waals surface area contributed by atoms with Crippen molar-refractivity contribution in [2.75, 3.05) is 0 Å². The van der Waals surface area contributed by atoms with Crippen LogP contribution in [0.5, 0.6) is 0 Å². The van der Waals surface area contributed by atoms with Crippen LogP contribution in [0.15, 0.2) is 42.0 Å². The lowest BCUT2D eigenvalue weighted by molar-refractivity contribution is -0.114. The maximum atomic E-state index is 11.3. The molecule has 0 radical (unpaired) electrons. The van der Waals surface area contributed by atoms with Crippen LogP contribution in [0, 0.1) is 0 Å². The zero-order valence-electron chi connectivity index (χ0n) is 12.6. The van der Waals surface area contributed by atoms with Crippen molar-refractivity contribution in [3.05, 3.63) is 47.5 Å². The lowest BCUT2D eigenvalue weighted by Crippen LogP contribution is -2.14. The van der Waals surface area contributed by atoms with Crippen molar-refractivity contribution < 1.29 is 4.79 Å². The third kappa shape index (κ3) is 7.13. The zero-order chi connectivity index (χ0) is 14.6. The average molecular weight is 273 g/mol. The van der Waals surface area contributed by atoms with Crippen molar-refractivity contribution in [1.82, 2.24) is 0 Å². The standard InChI is InChI=1S/C18H27NO/c1-2-3-6-14-17(18(19)20)15-10-5-9-13-16-11-7-4-8-12-16/h4,7-8,11-12,14H,2-3,5-6,9-10,13,15H2,1H3,(H2,19,20)/b17-14-. The SMILES string of the molecule is CCCC/C=C(/CCCCCc1ccccc1)C(N)=O. The van der Waals surface area contributed by atoms with E-state index in [1.807, 2.05) is 12.1 Å².